The predicted octanol–water partition coefficient (Wildman–Crippen LogP) is 1.56. The Morgan fingerprint density at radius 1 is 1.44 bits per heavy atom. The zero-order valence-electron chi connectivity index (χ0n) is 10.5. The molecular weight excluding hydrogens is 226 g/mol. The molecule has 1 aromatic heterocycles. The van der Waals surface area contributed by atoms with Gasteiger partial charge in [-0.1, -0.05) is 24.6 Å². The molecule has 1 aromatic carbocycles. The number of nitrogens with zero attached hydrogens (tertiary/aromatic N) is 4. The first-order chi connectivity index (χ1) is 8.74. The Balaban J connectivity index is 2.39. The van der Waals surface area contributed by atoms with Gasteiger partial charge >= 0.3 is 0 Å². The minimum atomic E-state index is 0.185. The van der Waals surface area contributed by atoms with Crippen molar-refractivity contribution in [1.29, 1.82) is 5.26 Å². The molecule has 0 aliphatic carbocycles. The van der Waals surface area contributed by atoms with Gasteiger partial charge in [0.1, 0.15) is 12.4 Å². The first-order valence-corrected chi connectivity index (χ1v) is 5.87. The van der Waals surface area contributed by atoms with Crippen molar-refractivity contribution in [1.82, 2.24) is 20.1 Å². The van der Waals surface area contributed by atoms with E-state index < -0.39 is 0 Å². The van der Waals surface area contributed by atoms with E-state index >= 15 is 0 Å². The maximum atomic E-state index is 8.75. The molecule has 1 N–H and O–H groups in total. The number of aryl methyl sites for hydroxylation is 1. The molecule has 92 valence electrons. The lowest BCUT2D eigenvalue weighted by molar-refractivity contribution is 0.716. The monoisotopic (exact) mass is 241 g/mol. The fourth-order valence-electron chi connectivity index (χ4n) is 1.77. The van der Waals surface area contributed by atoms with E-state index in [1.54, 1.807) is 11.0 Å². The van der Waals surface area contributed by atoms with E-state index in [2.05, 4.69) is 35.3 Å². The van der Waals surface area contributed by atoms with Gasteiger partial charge in [0.2, 0.25) is 0 Å². The van der Waals surface area contributed by atoms with Crippen molar-refractivity contribution in [3.8, 4) is 11.8 Å². The van der Waals surface area contributed by atoms with Gasteiger partial charge < -0.3 is 5.32 Å². The van der Waals surface area contributed by atoms with Crippen LogP contribution in [0.5, 0.6) is 0 Å². The van der Waals surface area contributed by atoms with E-state index in [-0.39, 0.29) is 5.82 Å². The zero-order chi connectivity index (χ0) is 13.0. The summed E-state index contributed by atoms with van der Waals surface area (Å²) in [5, 5.41) is 16.2. The van der Waals surface area contributed by atoms with Crippen molar-refractivity contribution in [2.45, 2.75) is 20.4 Å². The molecule has 2 rings (SSSR count). The van der Waals surface area contributed by atoms with Gasteiger partial charge in [-0.15, -0.1) is 5.10 Å². The van der Waals surface area contributed by atoms with Crippen LogP contribution in [0, 0.1) is 18.3 Å². The maximum absolute atomic E-state index is 8.75. The second-order valence-electron chi connectivity index (χ2n) is 4.04. The van der Waals surface area contributed by atoms with Crippen LogP contribution in [-0.2, 0) is 6.54 Å². The number of hydrogen-bond donors (Lipinski definition) is 1. The van der Waals surface area contributed by atoms with Gasteiger partial charge in [0.15, 0.2) is 0 Å². The summed E-state index contributed by atoms with van der Waals surface area (Å²) in [6.45, 7) is 5.81. The standard InChI is InChI=1S/C13H15N5/c1-3-15-8-11-6-10(2)4-5-12(11)18-9-16-13(7-14)17-18/h4-6,9,15H,3,8H2,1-2H3. The average molecular weight is 241 g/mol. The summed E-state index contributed by atoms with van der Waals surface area (Å²) in [7, 11) is 0. The van der Waals surface area contributed by atoms with Gasteiger partial charge in [0.05, 0.1) is 5.69 Å². The van der Waals surface area contributed by atoms with Crippen molar-refractivity contribution < 1.29 is 0 Å². The first kappa shape index (κ1) is 12.3. The van der Waals surface area contributed by atoms with Crippen LogP contribution in [0.3, 0.4) is 0 Å². The van der Waals surface area contributed by atoms with Crippen molar-refractivity contribution in [3.05, 3.63) is 41.5 Å². The Morgan fingerprint density at radius 2 is 2.28 bits per heavy atom. The summed E-state index contributed by atoms with van der Waals surface area (Å²) in [6, 6.07) is 8.07. The third kappa shape index (κ3) is 2.55. The quantitative estimate of drug-likeness (QED) is 0.882. The molecule has 0 aliphatic heterocycles. The lowest BCUT2D eigenvalue weighted by atomic mass is 10.1. The summed E-state index contributed by atoms with van der Waals surface area (Å²) >= 11 is 0. The SMILES string of the molecule is CCNCc1cc(C)ccc1-n1cnc(C#N)n1. The molecule has 0 bridgehead atoms. The Bertz CT molecular complexity index is 579. The molecule has 2 aromatic rings. The summed E-state index contributed by atoms with van der Waals surface area (Å²) in [6.07, 6.45) is 1.57. The van der Waals surface area contributed by atoms with Gasteiger partial charge in [-0.3, -0.25) is 0 Å². The highest BCUT2D eigenvalue weighted by atomic mass is 15.3. The first-order valence-electron chi connectivity index (χ1n) is 5.87. The zero-order valence-corrected chi connectivity index (χ0v) is 10.5. The molecular formula is C13H15N5. The Morgan fingerprint density at radius 3 is 2.94 bits per heavy atom. The third-order valence-corrected chi connectivity index (χ3v) is 2.64. The number of benzene rings is 1. The van der Waals surface area contributed by atoms with Crippen LogP contribution in [0.15, 0.2) is 24.5 Å². The molecule has 0 saturated heterocycles. The van der Waals surface area contributed by atoms with Crippen LogP contribution in [-0.4, -0.2) is 21.3 Å². The molecule has 5 nitrogen and oxygen atoms in total. The second kappa shape index (κ2) is 5.43. The minimum absolute atomic E-state index is 0.185. The number of rotatable bonds is 4. The van der Waals surface area contributed by atoms with Crippen LogP contribution in [0.4, 0.5) is 0 Å². The fourth-order valence-corrected chi connectivity index (χ4v) is 1.77. The number of nitriles is 1. The summed E-state index contributed by atoms with van der Waals surface area (Å²) in [4.78, 5) is 3.93. The van der Waals surface area contributed by atoms with Crippen LogP contribution in [0.1, 0.15) is 23.9 Å². The lowest BCUT2D eigenvalue weighted by Gasteiger charge is -2.10. The highest BCUT2D eigenvalue weighted by Crippen LogP contribution is 2.15. The molecule has 18 heavy (non-hydrogen) atoms. The van der Waals surface area contributed by atoms with Crippen LogP contribution in [0.25, 0.3) is 5.69 Å². The highest BCUT2D eigenvalue weighted by molar-refractivity contribution is 5.42. The molecule has 0 fully saturated rings. The Hall–Kier alpha value is -2.19. The molecule has 1 heterocycles. The topological polar surface area (TPSA) is 66.5 Å². The van der Waals surface area contributed by atoms with E-state index in [4.69, 9.17) is 5.26 Å². The molecule has 5 heteroatoms. The van der Waals surface area contributed by atoms with Gasteiger partial charge in [0.25, 0.3) is 5.82 Å². The van der Waals surface area contributed by atoms with Gasteiger partial charge in [-0.05, 0) is 25.1 Å². The maximum Gasteiger partial charge on any atom is 0.252 e. The van der Waals surface area contributed by atoms with Gasteiger partial charge in [0, 0.05) is 6.54 Å². The number of nitrogens with one attached hydrogen (secondary N) is 1. The van der Waals surface area contributed by atoms with Gasteiger partial charge in [-0.25, -0.2) is 9.67 Å². The average Bonchev–Trinajstić information content (AvgIpc) is 2.85. The van der Waals surface area contributed by atoms with Crippen LogP contribution in [0.2, 0.25) is 0 Å². The lowest BCUT2D eigenvalue weighted by Crippen LogP contribution is -2.14. The Labute approximate surface area is 106 Å². The van der Waals surface area contributed by atoms with E-state index in [1.165, 1.54) is 5.56 Å². The van der Waals surface area contributed by atoms with Crippen LogP contribution < -0.4 is 5.32 Å². The van der Waals surface area contributed by atoms with Gasteiger partial charge in [-0.2, -0.15) is 5.26 Å². The van der Waals surface area contributed by atoms with Crippen molar-refractivity contribution >= 4 is 0 Å². The Kier molecular flexibility index (Phi) is 3.70. The molecule has 0 atom stereocenters. The van der Waals surface area contributed by atoms with E-state index in [1.807, 2.05) is 18.2 Å². The molecule has 0 radical (unpaired) electrons. The largest absolute Gasteiger partial charge is 0.313 e. The van der Waals surface area contributed by atoms with Crippen LogP contribution >= 0.6 is 0 Å². The minimum Gasteiger partial charge on any atom is -0.313 e. The summed E-state index contributed by atoms with van der Waals surface area (Å²) < 4.78 is 1.64. The van der Waals surface area contributed by atoms with E-state index in [9.17, 15) is 0 Å². The highest BCUT2D eigenvalue weighted by Gasteiger charge is 2.07. The molecule has 0 unspecified atom stereocenters. The number of aromatic nitrogens is 3. The summed E-state index contributed by atoms with van der Waals surface area (Å²) in [5.41, 5.74) is 3.30. The second-order valence-corrected chi connectivity index (χ2v) is 4.04. The fraction of sp³-hybridized carbons (Fsp3) is 0.308. The molecule has 0 aliphatic rings. The normalized spacial score (nSPS) is 10.3. The van der Waals surface area contributed by atoms with E-state index in [0.29, 0.717) is 0 Å². The predicted molar refractivity (Wildman–Crippen MR) is 68.2 cm³/mol. The van der Waals surface area contributed by atoms with E-state index in [0.717, 1.165) is 24.3 Å². The van der Waals surface area contributed by atoms with Crippen molar-refractivity contribution in [2.24, 2.45) is 0 Å². The molecule has 0 spiro atoms. The molecule has 0 amide bonds. The van der Waals surface area contributed by atoms with Crippen molar-refractivity contribution in [2.75, 3.05) is 6.54 Å². The van der Waals surface area contributed by atoms with Crippen molar-refractivity contribution in [3.63, 3.8) is 0 Å². The third-order valence-electron chi connectivity index (χ3n) is 2.64. The smallest absolute Gasteiger partial charge is 0.252 e. The number of hydrogen-bond acceptors (Lipinski definition) is 4. The molecule has 0 saturated carbocycles. The summed E-state index contributed by atoms with van der Waals surface area (Å²) in [5.74, 6) is 0.185.